The van der Waals surface area contributed by atoms with Crippen molar-refractivity contribution in [1.29, 1.82) is 0 Å². The Balaban J connectivity index is 2.73. The zero-order chi connectivity index (χ0) is 10.4. The van der Waals surface area contributed by atoms with E-state index < -0.39 is 10.1 Å². The lowest BCUT2D eigenvalue weighted by atomic mass is 10.5. The summed E-state index contributed by atoms with van der Waals surface area (Å²) in [6.07, 6.45) is 7.94. The van der Waals surface area contributed by atoms with Crippen molar-refractivity contribution in [3.63, 3.8) is 0 Å². The summed E-state index contributed by atoms with van der Waals surface area (Å²) in [6, 6.07) is 2.94. The van der Waals surface area contributed by atoms with Gasteiger partial charge in [0.05, 0.1) is 6.61 Å². The molecule has 1 aromatic rings. The van der Waals surface area contributed by atoms with Gasteiger partial charge in [0.2, 0.25) is 0 Å². The fourth-order valence-corrected chi connectivity index (χ4v) is 1.65. The normalized spacial score (nSPS) is 10.8. The molecule has 0 aliphatic carbocycles. The van der Waals surface area contributed by atoms with Crippen molar-refractivity contribution in [1.82, 2.24) is 4.98 Å². The molecule has 74 valence electrons. The number of terminal acetylenes is 1. The summed E-state index contributed by atoms with van der Waals surface area (Å²) in [5, 5.41) is 0. The molecular formula is C9H9NO3S. The van der Waals surface area contributed by atoms with Gasteiger partial charge in [-0.05, 0) is 12.1 Å². The second-order valence-corrected chi connectivity index (χ2v) is 4.03. The monoisotopic (exact) mass is 211 g/mol. The maximum atomic E-state index is 11.4. The zero-order valence-corrected chi connectivity index (χ0v) is 8.20. The van der Waals surface area contributed by atoms with E-state index in [1.54, 1.807) is 0 Å². The van der Waals surface area contributed by atoms with Crippen LogP contribution in [0, 0.1) is 12.3 Å². The minimum absolute atomic E-state index is 0.00622. The molecule has 0 amide bonds. The summed E-state index contributed by atoms with van der Waals surface area (Å²) in [5.74, 6) is 2.29. The average Bonchev–Trinajstić information content (AvgIpc) is 2.19. The van der Waals surface area contributed by atoms with Crippen molar-refractivity contribution in [3.8, 4) is 12.3 Å². The lowest BCUT2D eigenvalue weighted by Gasteiger charge is -2.02. The van der Waals surface area contributed by atoms with Crippen LogP contribution in [0.15, 0.2) is 29.4 Å². The summed E-state index contributed by atoms with van der Waals surface area (Å²) in [6.45, 7) is -0.00622. The quantitative estimate of drug-likeness (QED) is 0.420. The molecule has 0 radical (unpaired) electrons. The second-order valence-electron chi connectivity index (χ2n) is 2.42. The maximum Gasteiger partial charge on any atom is 0.298 e. The molecule has 0 saturated heterocycles. The van der Waals surface area contributed by atoms with E-state index >= 15 is 0 Å². The Kier molecular flexibility index (Phi) is 3.63. The Morgan fingerprint density at radius 1 is 1.57 bits per heavy atom. The highest BCUT2D eigenvalue weighted by atomic mass is 32.2. The smallest absolute Gasteiger partial charge is 0.265 e. The standard InChI is InChI=1S/C9H9NO3S/c1-2-3-7-13-14(11,12)9-5-4-6-10-8-9/h1,4-6,8H,3,7H2. The van der Waals surface area contributed by atoms with Gasteiger partial charge in [-0.25, -0.2) is 0 Å². The molecule has 0 aromatic carbocycles. The van der Waals surface area contributed by atoms with E-state index in [0.29, 0.717) is 0 Å². The van der Waals surface area contributed by atoms with Gasteiger partial charge in [-0.15, -0.1) is 12.3 Å². The summed E-state index contributed by atoms with van der Waals surface area (Å²) in [4.78, 5) is 3.72. The first kappa shape index (κ1) is 10.7. The SMILES string of the molecule is C#CCCOS(=O)(=O)c1cccnc1. The van der Waals surface area contributed by atoms with E-state index in [4.69, 9.17) is 6.42 Å². The number of rotatable bonds is 4. The molecule has 0 saturated carbocycles. The van der Waals surface area contributed by atoms with Crippen LogP contribution < -0.4 is 0 Å². The molecule has 0 atom stereocenters. The molecule has 0 unspecified atom stereocenters. The van der Waals surface area contributed by atoms with Gasteiger partial charge in [0.1, 0.15) is 4.90 Å². The van der Waals surface area contributed by atoms with Crippen LogP contribution in [0.5, 0.6) is 0 Å². The highest BCUT2D eigenvalue weighted by Gasteiger charge is 2.13. The van der Waals surface area contributed by atoms with Gasteiger partial charge in [-0.2, -0.15) is 8.42 Å². The fraction of sp³-hybridized carbons (Fsp3) is 0.222. The second kappa shape index (κ2) is 4.74. The lowest BCUT2D eigenvalue weighted by molar-refractivity contribution is 0.326. The Morgan fingerprint density at radius 3 is 2.93 bits per heavy atom. The van der Waals surface area contributed by atoms with Gasteiger partial charge in [-0.3, -0.25) is 9.17 Å². The number of pyridine rings is 1. The molecule has 5 heteroatoms. The third-order valence-corrected chi connectivity index (χ3v) is 2.70. The Hall–Kier alpha value is -1.38. The van der Waals surface area contributed by atoms with Gasteiger partial charge >= 0.3 is 0 Å². The van der Waals surface area contributed by atoms with E-state index in [1.165, 1.54) is 24.5 Å². The minimum Gasteiger partial charge on any atom is -0.265 e. The van der Waals surface area contributed by atoms with Gasteiger partial charge in [0, 0.05) is 18.8 Å². The molecule has 0 aliphatic rings. The van der Waals surface area contributed by atoms with Gasteiger partial charge in [0.25, 0.3) is 10.1 Å². The van der Waals surface area contributed by atoms with Crippen molar-refractivity contribution in [2.45, 2.75) is 11.3 Å². The molecule has 0 spiro atoms. The van der Waals surface area contributed by atoms with Crippen LogP contribution >= 0.6 is 0 Å². The molecule has 14 heavy (non-hydrogen) atoms. The first-order chi connectivity index (χ1) is 6.67. The summed E-state index contributed by atoms with van der Waals surface area (Å²) in [7, 11) is -3.69. The maximum absolute atomic E-state index is 11.4. The largest absolute Gasteiger partial charge is 0.298 e. The van der Waals surface area contributed by atoms with Gasteiger partial charge in [-0.1, -0.05) is 0 Å². The number of nitrogens with zero attached hydrogens (tertiary/aromatic N) is 1. The minimum atomic E-state index is -3.69. The average molecular weight is 211 g/mol. The highest BCUT2D eigenvalue weighted by molar-refractivity contribution is 7.86. The number of hydrogen-bond acceptors (Lipinski definition) is 4. The first-order valence-corrected chi connectivity index (χ1v) is 5.30. The fourth-order valence-electron chi connectivity index (χ4n) is 0.773. The molecule has 0 fully saturated rings. The van der Waals surface area contributed by atoms with Crippen LogP contribution in [0.3, 0.4) is 0 Å². The molecule has 0 aliphatic heterocycles. The predicted octanol–water partition coefficient (Wildman–Crippen LogP) is 0.810. The van der Waals surface area contributed by atoms with Crippen molar-refractivity contribution in [3.05, 3.63) is 24.5 Å². The van der Waals surface area contributed by atoms with E-state index in [-0.39, 0.29) is 17.9 Å². The topological polar surface area (TPSA) is 56.3 Å². The molecule has 1 rings (SSSR count). The van der Waals surface area contributed by atoms with Crippen molar-refractivity contribution in [2.24, 2.45) is 0 Å². The lowest BCUT2D eigenvalue weighted by Crippen LogP contribution is -2.07. The molecule has 4 nitrogen and oxygen atoms in total. The molecular weight excluding hydrogens is 202 g/mol. The van der Waals surface area contributed by atoms with Gasteiger partial charge in [0.15, 0.2) is 0 Å². The summed E-state index contributed by atoms with van der Waals surface area (Å²) >= 11 is 0. The first-order valence-electron chi connectivity index (χ1n) is 3.90. The molecule has 0 bridgehead atoms. The third-order valence-electron chi connectivity index (χ3n) is 1.41. The van der Waals surface area contributed by atoms with Crippen LogP contribution in [-0.4, -0.2) is 20.0 Å². The summed E-state index contributed by atoms with van der Waals surface area (Å²) < 4.78 is 27.4. The van der Waals surface area contributed by atoms with Crippen molar-refractivity contribution < 1.29 is 12.6 Å². The zero-order valence-electron chi connectivity index (χ0n) is 7.38. The van der Waals surface area contributed by atoms with E-state index in [1.807, 2.05) is 0 Å². The molecule has 1 aromatic heterocycles. The molecule has 1 heterocycles. The van der Waals surface area contributed by atoms with Gasteiger partial charge < -0.3 is 0 Å². The third kappa shape index (κ3) is 2.83. The van der Waals surface area contributed by atoms with Crippen LogP contribution in [0.4, 0.5) is 0 Å². The Morgan fingerprint density at radius 2 is 2.36 bits per heavy atom. The predicted molar refractivity (Wildman–Crippen MR) is 50.8 cm³/mol. The summed E-state index contributed by atoms with van der Waals surface area (Å²) in [5.41, 5.74) is 0. The Labute approximate surface area is 83.1 Å². The van der Waals surface area contributed by atoms with Crippen LogP contribution in [0.2, 0.25) is 0 Å². The Bertz CT molecular complexity index is 419. The highest BCUT2D eigenvalue weighted by Crippen LogP contribution is 2.09. The van der Waals surface area contributed by atoms with Crippen molar-refractivity contribution in [2.75, 3.05) is 6.61 Å². The van der Waals surface area contributed by atoms with Crippen molar-refractivity contribution >= 4 is 10.1 Å². The van der Waals surface area contributed by atoms with E-state index in [9.17, 15) is 8.42 Å². The number of hydrogen-bond donors (Lipinski definition) is 0. The van der Waals surface area contributed by atoms with Crippen LogP contribution in [-0.2, 0) is 14.3 Å². The van der Waals surface area contributed by atoms with Crippen LogP contribution in [0.25, 0.3) is 0 Å². The van der Waals surface area contributed by atoms with E-state index in [0.717, 1.165) is 0 Å². The van der Waals surface area contributed by atoms with Crippen LogP contribution in [0.1, 0.15) is 6.42 Å². The number of aromatic nitrogens is 1. The van der Waals surface area contributed by atoms with E-state index in [2.05, 4.69) is 15.1 Å². The molecule has 0 N–H and O–H groups in total.